The van der Waals surface area contributed by atoms with Gasteiger partial charge in [0, 0.05) is 20.1 Å². The molecule has 0 bridgehead atoms. The fourth-order valence-corrected chi connectivity index (χ4v) is 1.95. The second-order valence-corrected chi connectivity index (χ2v) is 4.37. The second kappa shape index (κ2) is 4.04. The van der Waals surface area contributed by atoms with Crippen molar-refractivity contribution >= 4 is 11.6 Å². The number of nitrogens with one attached hydrogen (secondary N) is 1. The molecule has 1 saturated heterocycles. The molecule has 4 heteroatoms. The Morgan fingerprint density at radius 2 is 1.93 bits per heavy atom. The van der Waals surface area contributed by atoms with Gasteiger partial charge in [-0.25, -0.2) is 4.98 Å². The summed E-state index contributed by atoms with van der Waals surface area (Å²) in [5.74, 6) is 3.30. The van der Waals surface area contributed by atoms with Crippen LogP contribution in [0.5, 0.6) is 0 Å². The van der Waals surface area contributed by atoms with Crippen molar-refractivity contribution in [3.8, 4) is 0 Å². The van der Waals surface area contributed by atoms with Gasteiger partial charge in [-0.2, -0.15) is 0 Å². The maximum absolute atomic E-state index is 4.49. The fraction of sp³-hybridized carbons (Fsp3) is 0.636. The van der Waals surface area contributed by atoms with E-state index < -0.39 is 0 Å². The molecule has 2 rings (SSSR count). The summed E-state index contributed by atoms with van der Waals surface area (Å²) in [6.07, 6.45) is 3.58. The number of nitrogens with zero attached hydrogens (tertiary/aromatic N) is 3. The molecular formula is C11H18N4. The number of anilines is 2. The normalized spacial score (nSPS) is 25.7. The third-order valence-electron chi connectivity index (χ3n) is 3.19. The molecule has 2 atom stereocenters. The van der Waals surface area contributed by atoms with Gasteiger partial charge in [0.1, 0.15) is 11.6 Å². The summed E-state index contributed by atoms with van der Waals surface area (Å²) in [7, 11) is 1.86. The molecule has 0 radical (unpaired) electrons. The molecule has 82 valence electrons. The first kappa shape index (κ1) is 10.2. The van der Waals surface area contributed by atoms with Gasteiger partial charge in [-0.1, -0.05) is 13.8 Å². The van der Waals surface area contributed by atoms with Gasteiger partial charge in [0.05, 0.1) is 12.4 Å². The zero-order chi connectivity index (χ0) is 10.8. The van der Waals surface area contributed by atoms with Crippen LogP contribution in [-0.2, 0) is 0 Å². The maximum atomic E-state index is 4.49. The summed E-state index contributed by atoms with van der Waals surface area (Å²) in [6.45, 7) is 6.76. The van der Waals surface area contributed by atoms with Crippen LogP contribution < -0.4 is 10.2 Å². The van der Waals surface area contributed by atoms with Crippen LogP contribution in [0.1, 0.15) is 13.8 Å². The van der Waals surface area contributed by atoms with Crippen molar-refractivity contribution in [3.05, 3.63) is 12.4 Å². The van der Waals surface area contributed by atoms with Crippen molar-refractivity contribution in [1.82, 2.24) is 9.97 Å². The van der Waals surface area contributed by atoms with E-state index in [4.69, 9.17) is 0 Å². The van der Waals surface area contributed by atoms with Crippen LogP contribution >= 0.6 is 0 Å². The predicted octanol–water partition coefficient (Wildman–Crippen LogP) is 1.61. The summed E-state index contributed by atoms with van der Waals surface area (Å²) < 4.78 is 0. The van der Waals surface area contributed by atoms with E-state index in [9.17, 15) is 0 Å². The van der Waals surface area contributed by atoms with E-state index in [1.54, 1.807) is 6.20 Å². The second-order valence-electron chi connectivity index (χ2n) is 4.37. The first-order chi connectivity index (χ1) is 7.20. The monoisotopic (exact) mass is 206 g/mol. The lowest BCUT2D eigenvalue weighted by atomic mass is 10.0. The molecule has 1 N–H and O–H groups in total. The minimum absolute atomic E-state index is 0.741. The van der Waals surface area contributed by atoms with Crippen molar-refractivity contribution in [2.45, 2.75) is 13.8 Å². The first-order valence-corrected chi connectivity index (χ1v) is 5.45. The molecule has 0 aliphatic carbocycles. The standard InChI is InChI=1S/C11H18N4/c1-8-6-15(7-9(8)2)11-5-13-4-10(12-3)14-11/h4-5,8-9H,6-7H2,1-3H3,(H,12,14). The predicted molar refractivity (Wildman–Crippen MR) is 62.1 cm³/mol. The van der Waals surface area contributed by atoms with Crippen LogP contribution in [0.3, 0.4) is 0 Å². The molecule has 2 heterocycles. The highest BCUT2D eigenvalue weighted by Gasteiger charge is 2.26. The zero-order valence-corrected chi connectivity index (χ0v) is 9.57. The summed E-state index contributed by atoms with van der Waals surface area (Å²) in [5, 5.41) is 3.01. The van der Waals surface area contributed by atoms with E-state index in [1.807, 2.05) is 13.2 Å². The third-order valence-corrected chi connectivity index (χ3v) is 3.19. The number of aromatic nitrogens is 2. The zero-order valence-electron chi connectivity index (χ0n) is 9.57. The number of hydrogen-bond acceptors (Lipinski definition) is 4. The smallest absolute Gasteiger partial charge is 0.149 e. The molecule has 2 unspecified atom stereocenters. The Kier molecular flexibility index (Phi) is 2.75. The number of hydrogen-bond donors (Lipinski definition) is 1. The molecule has 4 nitrogen and oxygen atoms in total. The number of rotatable bonds is 2. The third kappa shape index (κ3) is 2.03. The molecule has 1 aromatic heterocycles. The molecule has 1 aliphatic heterocycles. The van der Waals surface area contributed by atoms with Gasteiger partial charge in [-0.05, 0) is 11.8 Å². The maximum Gasteiger partial charge on any atom is 0.149 e. The highest BCUT2D eigenvalue weighted by atomic mass is 15.2. The van der Waals surface area contributed by atoms with E-state index >= 15 is 0 Å². The first-order valence-electron chi connectivity index (χ1n) is 5.45. The van der Waals surface area contributed by atoms with E-state index in [0.29, 0.717) is 0 Å². The van der Waals surface area contributed by atoms with Crippen LogP contribution in [0.15, 0.2) is 12.4 Å². The highest BCUT2D eigenvalue weighted by Crippen LogP contribution is 2.26. The van der Waals surface area contributed by atoms with E-state index in [2.05, 4.69) is 34.0 Å². The summed E-state index contributed by atoms with van der Waals surface area (Å²) in [5.41, 5.74) is 0. The van der Waals surface area contributed by atoms with Gasteiger partial charge in [-0.3, -0.25) is 4.98 Å². The SMILES string of the molecule is CNc1cncc(N2CC(C)C(C)C2)n1. The molecule has 0 saturated carbocycles. The lowest BCUT2D eigenvalue weighted by Crippen LogP contribution is -2.21. The van der Waals surface area contributed by atoms with Crippen LogP contribution in [0.25, 0.3) is 0 Å². The Labute approximate surface area is 90.7 Å². The molecule has 0 spiro atoms. The Morgan fingerprint density at radius 1 is 1.27 bits per heavy atom. The topological polar surface area (TPSA) is 41.1 Å². The molecular weight excluding hydrogens is 188 g/mol. The van der Waals surface area contributed by atoms with E-state index in [1.165, 1.54) is 0 Å². The minimum atomic E-state index is 0.741. The average Bonchev–Trinajstić information content (AvgIpc) is 2.59. The summed E-state index contributed by atoms with van der Waals surface area (Å²) in [4.78, 5) is 11.0. The lowest BCUT2D eigenvalue weighted by molar-refractivity contribution is 0.494. The van der Waals surface area contributed by atoms with Crippen molar-refractivity contribution in [2.24, 2.45) is 11.8 Å². The Morgan fingerprint density at radius 3 is 2.53 bits per heavy atom. The Balaban J connectivity index is 2.16. The quantitative estimate of drug-likeness (QED) is 0.798. The van der Waals surface area contributed by atoms with Crippen molar-refractivity contribution in [2.75, 3.05) is 30.4 Å². The fourth-order valence-electron chi connectivity index (χ4n) is 1.95. The van der Waals surface area contributed by atoms with Gasteiger partial charge in [-0.15, -0.1) is 0 Å². The summed E-state index contributed by atoms with van der Waals surface area (Å²) >= 11 is 0. The van der Waals surface area contributed by atoms with Gasteiger partial charge < -0.3 is 10.2 Å². The van der Waals surface area contributed by atoms with Crippen molar-refractivity contribution in [1.29, 1.82) is 0 Å². The van der Waals surface area contributed by atoms with Crippen LogP contribution in [0, 0.1) is 11.8 Å². The highest BCUT2D eigenvalue weighted by molar-refractivity contribution is 5.44. The van der Waals surface area contributed by atoms with Crippen LogP contribution in [0.2, 0.25) is 0 Å². The van der Waals surface area contributed by atoms with E-state index in [-0.39, 0.29) is 0 Å². The lowest BCUT2D eigenvalue weighted by Gasteiger charge is -2.16. The van der Waals surface area contributed by atoms with Gasteiger partial charge in [0.2, 0.25) is 0 Å². The minimum Gasteiger partial charge on any atom is -0.372 e. The Bertz CT molecular complexity index is 329. The van der Waals surface area contributed by atoms with Gasteiger partial charge >= 0.3 is 0 Å². The van der Waals surface area contributed by atoms with Crippen LogP contribution in [-0.4, -0.2) is 30.1 Å². The largest absolute Gasteiger partial charge is 0.372 e. The molecule has 1 aromatic rings. The molecule has 0 amide bonds. The molecule has 0 aromatic carbocycles. The molecule has 1 aliphatic rings. The molecule has 15 heavy (non-hydrogen) atoms. The van der Waals surface area contributed by atoms with E-state index in [0.717, 1.165) is 36.6 Å². The molecule has 1 fully saturated rings. The van der Waals surface area contributed by atoms with Crippen molar-refractivity contribution < 1.29 is 0 Å². The van der Waals surface area contributed by atoms with Crippen molar-refractivity contribution in [3.63, 3.8) is 0 Å². The average molecular weight is 206 g/mol. The van der Waals surface area contributed by atoms with Gasteiger partial charge in [0.25, 0.3) is 0 Å². The van der Waals surface area contributed by atoms with Crippen LogP contribution in [0.4, 0.5) is 11.6 Å². The summed E-state index contributed by atoms with van der Waals surface area (Å²) in [6, 6.07) is 0. The Hall–Kier alpha value is -1.32. The van der Waals surface area contributed by atoms with Gasteiger partial charge in [0.15, 0.2) is 0 Å².